The van der Waals surface area contributed by atoms with Crippen LogP contribution in [0.2, 0.25) is 0 Å². The van der Waals surface area contributed by atoms with Crippen molar-refractivity contribution in [3.63, 3.8) is 0 Å². The van der Waals surface area contributed by atoms with E-state index in [0.29, 0.717) is 19.0 Å². The highest BCUT2D eigenvalue weighted by Crippen LogP contribution is 2.18. The van der Waals surface area contributed by atoms with E-state index in [1.165, 1.54) is 5.56 Å². The van der Waals surface area contributed by atoms with Gasteiger partial charge in [0.2, 0.25) is 5.91 Å². The van der Waals surface area contributed by atoms with Gasteiger partial charge in [-0.2, -0.15) is 0 Å². The Kier molecular flexibility index (Phi) is 5.95. The van der Waals surface area contributed by atoms with Gasteiger partial charge in [-0.1, -0.05) is 0 Å². The summed E-state index contributed by atoms with van der Waals surface area (Å²) in [4.78, 5) is 22.8. The summed E-state index contributed by atoms with van der Waals surface area (Å²) in [5.41, 5.74) is 2.29. The van der Waals surface area contributed by atoms with Gasteiger partial charge in [0.05, 0.1) is 11.9 Å². The first-order valence-electron chi connectivity index (χ1n) is 8.67. The zero-order chi connectivity index (χ0) is 17.5. The largest absolute Gasteiger partial charge is 0.381 e. The van der Waals surface area contributed by atoms with E-state index in [4.69, 9.17) is 4.74 Å². The third-order valence-electron chi connectivity index (χ3n) is 4.52. The predicted molar refractivity (Wildman–Crippen MR) is 97.6 cm³/mol. The minimum absolute atomic E-state index is 0.0262. The number of anilines is 2. The molecule has 132 valence electrons. The molecular formula is C19H24N4O2. The van der Waals surface area contributed by atoms with E-state index in [9.17, 15) is 4.79 Å². The number of nitrogens with zero attached hydrogens (tertiary/aromatic N) is 3. The van der Waals surface area contributed by atoms with Crippen LogP contribution in [0.25, 0.3) is 0 Å². The third-order valence-corrected chi connectivity index (χ3v) is 4.52. The van der Waals surface area contributed by atoms with E-state index in [0.717, 1.165) is 31.5 Å². The molecule has 0 unspecified atom stereocenters. The van der Waals surface area contributed by atoms with Crippen molar-refractivity contribution in [2.24, 2.45) is 5.92 Å². The summed E-state index contributed by atoms with van der Waals surface area (Å²) in [6.45, 7) is 2.21. The van der Waals surface area contributed by atoms with Crippen LogP contribution in [0.4, 0.5) is 11.5 Å². The van der Waals surface area contributed by atoms with Gasteiger partial charge in [0.1, 0.15) is 5.82 Å². The van der Waals surface area contributed by atoms with Crippen LogP contribution in [0.1, 0.15) is 18.4 Å². The molecule has 0 aliphatic carbocycles. The van der Waals surface area contributed by atoms with Crippen molar-refractivity contribution < 1.29 is 9.53 Å². The summed E-state index contributed by atoms with van der Waals surface area (Å²) in [5, 5.41) is 2.90. The van der Waals surface area contributed by atoms with Gasteiger partial charge in [0.25, 0.3) is 0 Å². The van der Waals surface area contributed by atoms with E-state index in [1.807, 2.05) is 43.7 Å². The molecule has 1 aliphatic rings. The number of rotatable bonds is 6. The maximum absolute atomic E-state index is 12.2. The maximum atomic E-state index is 12.2. The summed E-state index contributed by atoms with van der Waals surface area (Å²) in [5.74, 6) is 0.663. The van der Waals surface area contributed by atoms with Crippen molar-refractivity contribution in [2.45, 2.75) is 19.3 Å². The van der Waals surface area contributed by atoms with Gasteiger partial charge in [0, 0.05) is 45.1 Å². The predicted octanol–water partition coefficient (Wildman–Crippen LogP) is 2.52. The molecule has 3 heterocycles. The first kappa shape index (κ1) is 17.4. The topological polar surface area (TPSA) is 67.4 Å². The number of likely N-dealkylation sites (N-methyl/N-ethyl adjacent to an activating group) is 1. The molecule has 0 bridgehead atoms. The standard InChI is InChI=1S/C19H24N4O2/c1-23(11-6-15-4-9-20-10-5-15)17-2-3-18(21-14-17)22-19(24)16-7-12-25-13-8-16/h2-5,9-10,14,16H,6-8,11-13H2,1H3,(H,21,22,24). The highest BCUT2D eigenvalue weighted by Gasteiger charge is 2.21. The number of pyridine rings is 2. The molecule has 0 radical (unpaired) electrons. The van der Waals surface area contributed by atoms with Gasteiger partial charge >= 0.3 is 0 Å². The van der Waals surface area contributed by atoms with Crippen molar-refractivity contribution >= 4 is 17.4 Å². The second-order valence-electron chi connectivity index (χ2n) is 6.30. The van der Waals surface area contributed by atoms with Gasteiger partial charge in [-0.15, -0.1) is 0 Å². The molecule has 2 aromatic heterocycles. The van der Waals surface area contributed by atoms with Gasteiger partial charge in [-0.05, 0) is 49.1 Å². The summed E-state index contributed by atoms with van der Waals surface area (Å²) in [7, 11) is 2.04. The van der Waals surface area contributed by atoms with Crippen LogP contribution in [0.5, 0.6) is 0 Å². The Hall–Kier alpha value is -2.47. The SMILES string of the molecule is CN(CCc1ccncc1)c1ccc(NC(=O)C2CCOCC2)nc1. The van der Waals surface area contributed by atoms with E-state index in [2.05, 4.69) is 20.2 Å². The van der Waals surface area contributed by atoms with Crippen molar-refractivity contribution in [2.75, 3.05) is 37.0 Å². The van der Waals surface area contributed by atoms with E-state index < -0.39 is 0 Å². The summed E-state index contributed by atoms with van der Waals surface area (Å²) in [6, 6.07) is 7.90. The van der Waals surface area contributed by atoms with E-state index >= 15 is 0 Å². The number of nitrogens with one attached hydrogen (secondary N) is 1. The lowest BCUT2D eigenvalue weighted by molar-refractivity contribution is -0.122. The van der Waals surface area contributed by atoms with Crippen molar-refractivity contribution in [1.29, 1.82) is 0 Å². The monoisotopic (exact) mass is 340 g/mol. The third kappa shape index (κ3) is 5.00. The molecule has 3 rings (SSSR count). The van der Waals surface area contributed by atoms with Crippen LogP contribution in [-0.4, -0.2) is 42.7 Å². The average Bonchev–Trinajstić information content (AvgIpc) is 2.68. The fourth-order valence-corrected chi connectivity index (χ4v) is 2.85. The highest BCUT2D eigenvalue weighted by atomic mass is 16.5. The van der Waals surface area contributed by atoms with E-state index in [1.54, 1.807) is 6.20 Å². The van der Waals surface area contributed by atoms with Gasteiger partial charge in [-0.25, -0.2) is 4.98 Å². The fourth-order valence-electron chi connectivity index (χ4n) is 2.85. The van der Waals surface area contributed by atoms with Crippen LogP contribution < -0.4 is 10.2 Å². The molecule has 0 saturated carbocycles. The lowest BCUT2D eigenvalue weighted by Gasteiger charge is -2.21. The van der Waals surface area contributed by atoms with Gasteiger partial charge in [-0.3, -0.25) is 9.78 Å². The molecule has 1 fully saturated rings. The molecule has 1 amide bonds. The Balaban J connectivity index is 1.51. The van der Waals surface area contributed by atoms with Crippen LogP contribution >= 0.6 is 0 Å². The fraction of sp³-hybridized carbons (Fsp3) is 0.421. The zero-order valence-corrected chi connectivity index (χ0v) is 14.5. The highest BCUT2D eigenvalue weighted by molar-refractivity contribution is 5.91. The maximum Gasteiger partial charge on any atom is 0.228 e. The van der Waals surface area contributed by atoms with Crippen LogP contribution in [0.3, 0.4) is 0 Å². The minimum atomic E-state index is 0.0262. The summed E-state index contributed by atoms with van der Waals surface area (Å²) in [6.07, 6.45) is 7.93. The normalized spacial score (nSPS) is 14.9. The number of carbonyl (C=O) groups is 1. The molecule has 6 nitrogen and oxygen atoms in total. The quantitative estimate of drug-likeness (QED) is 0.875. The first-order chi connectivity index (χ1) is 12.2. The zero-order valence-electron chi connectivity index (χ0n) is 14.5. The molecule has 1 N–H and O–H groups in total. The van der Waals surface area contributed by atoms with Crippen molar-refractivity contribution in [1.82, 2.24) is 9.97 Å². The van der Waals surface area contributed by atoms with Crippen molar-refractivity contribution in [3.05, 3.63) is 48.4 Å². The molecule has 0 atom stereocenters. The van der Waals surface area contributed by atoms with Crippen molar-refractivity contribution in [3.8, 4) is 0 Å². The Labute approximate surface area is 148 Å². The second-order valence-corrected chi connectivity index (χ2v) is 6.30. The molecule has 1 saturated heterocycles. The minimum Gasteiger partial charge on any atom is -0.381 e. The first-order valence-corrected chi connectivity index (χ1v) is 8.67. The Morgan fingerprint density at radius 2 is 2.00 bits per heavy atom. The Bertz CT molecular complexity index is 670. The second kappa shape index (κ2) is 8.58. The van der Waals surface area contributed by atoms with Crippen LogP contribution in [-0.2, 0) is 16.0 Å². The Morgan fingerprint density at radius 3 is 2.68 bits per heavy atom. The molecule has 6 heteroatoms. The molecule has 25 heavy (non-hydrogen) atoms. The lowest BCUT2D eigenvalue weighted by atomic mass is 9.99. The molecule has 0 aromatic carbocycles. The number of ether oxygens (including phenoxy) is 1. The smallest absolute Gasteiger partial charge is 0.228 e. The van der Waals surface area contributed by atoms with Gasteiger partial charge < -0.3 is 15.0 Å². The molecule has 2 aromatic rings. The summed E-state index contributed by atoms with van der Waals surface area (Å²) >= 11 is 0. The van der Waals surface area contributed by atoms with Crippen LogP contribution in [0.15, 0.2) is 42.9 Å². The lowest BCUT2D eigenvalue weighted by Crippen LogP contribution is -2.28. The van der Waals surface area contributed by atoms with Gasteiger partial charge in [0.15, 0.2) is 0 Å². The number of hydrogen-bond acceptors (Lipinski definition) is 5. The van der Waals surface area contributed by atoms with E-state index in [-0.39, 0.29) is 11.8 Å². The number of aromatic nitrogens is 2. The number of amides is 1. The molecular weight excluding hydrogens is 316 g/mol. The molecule has 0 spiro atoms. The number of carbonyl (C=O) groups excluding carboxylic acids is 1. The average molecular weight is 340 g/mol. The van der Waals surface area contributed by atoms with Crippen LogP contribution in [0, 0.1) is 5.92 Å². The number of hydrogen-bond donors (Lipinski definition) is 1. The Morgan fingerprint density at radius 1 is 1.24 bits per heavy atom. The molecule has 1 aliphatic heterocycles. The summed E-state index contributed by atoms with van der Waals surface area (Å²) < 4.78 is 5.29.